The van der Waals surface area contributed by atoms with Gasteiger partial charge >= 0.3 is 0 Å². The standard InChI is InChI=1S/C9H11NO/c1-8(11)10-7-9-5-3-2-4-6-9/h2-6H,7H2,1H3,(H,10,11)/i7D2. The number of hydrogen-bond donors (Lipinski definition) is 1. The monoisotopic (exact) mass is 151 g/mol. The van der Waals surface area contributed by atoms with Crippen LogP contribution in [0.3, 0.4) is 0 Å². The zero-order chi connectivity index (χ0) is 9.90. The van der Waals surface area contributed by atoms with Gasteiger partial charge in [0, 0.05) is 13.4 Å². The average Bonchev–Trinajstić information content (AvgIpc) is 2.04. The Hall–Kier alpha value is -1.31. The average molecular weight is 151 g/mol. The lowest BCUT2D eigenvalue weighted by molar-refractivity contribution is -0.119. The summed E-state index contributed by atoms with van der Waals surface area (Å²) in [5.41, 5.74) is 0.449. The fraction of sp³-hybridized carbons (Fsp3) is 0.222. The van der Waals surface area contributed by atoms with E-state index in [1.165, 1.54) is 6.92 Å². The largest absolute Gasteiger partial charge is 0.352 e. The number of carbonyl (C=O) groups excluding carboxylic acids is 1. The molecule has 2 heteroatoms. The second kappa shape index (κ2) is 3.76. The molecule has 1 aromatic carbocycles. The van der Waals surface area contributed by atoms with Gasteiger partial charge in [0.05, 0.1) is 2.74 Å². The molecule has 0 aromatic heterocycles. The molecule has 1 aromatic rings. The topological polar surface area (TPSA) is 29.1 Å². The summed E-state index contributed by atoms with van der Waals surface area (Å²) in [4.78, 5) is 10.7. The van der Waals surface area contributed by atoms with Crippen LogP contribution in [0.4, 0.5) is 0 Å². The van der Waals surface area contributed by atoms with Gasteiger partial charge in [-0.1, -0.05) is 30.3 Å². The third-order valence-electron chi connectivity index (χ3n) is 1.16. The normalized spacial score (nSPS) is 13.2. The minimum atomic E-state index is -1.78. The van der Waals surface area contributed by atoms with Crippen LogP contribution in [0.25, 0.3) is 0 Å². The molecule has 1 N–H and O–H groups in total. The van der Waals surface area contributed by atoms with Gasteiger partial charge in [0.1, 0.15) is 0 Å². The van der Waals surface area contributed by atoms with Crippen molar-refractivity contribution in [3.63, 3.8) is 0 Å². The van der Waals surface area contributed by atoms with Crippen molar-refractivity contribution in [3.8, 4) is 0 Å². The summed E-state index contributed by atoms with van der Waals surface area (Å²) in [6.07, 6.45) is 0. The molecular formula is C9H11NO. The summed E-state index contributed by atoms with van der Waals surface area (Å²) in [5, 5.41) is 2.23. The molecule has 0 aliphatic carbocycles. The van der Waals surface area contributed by atoms with E-state index < -0.39 is 6.50 Å². The van der Waals surface area contributed by atoms with Crippen molar-refractivity contribution >= 4 is 5.91 Å². The Morgan fingerprint density at radius 2 is 2.18 bits per heavy atom. The molecule has 2 nitrogen and oxygen atoms in total. The maximum absolute atomic E-state index is 10.7. The summed E-state index contributed by atoms with van der Waals surface area (Å²) < 4.78 is 15.1. The van der Waals surface area contributed by atoms with Crippen molar-refractivity contribution in [3.05, 3.63) is 35.9 Å². The van der Waals surface area contributed by atoms with Gasteiger partial charge in [-0.3, -0.25) is 4.79 Å². The zero-order valence-corrected chi connectivity index (χ0v) is 6.29. The molecule has 0 atom stereocenters. The fourth-order valence-electron chi connectivity index (χ4n) is 0.682. The lowest BCUT2D eigenvalue weighted by Gasteiger charge is -2.00. The first-order valence-electron chi connectivity index (χ1n) is 4.36. The quantitative estimate of drug-likeness (QED) is 0.678. The van der Waals surface area contributed by atoms with Crippen molar-refractivity contribution in [1.82, 2.24) is 5.32 Å². The summed E-state index contributed by atoms with van der Waals surface area (Å²) >= 11 is 0. The first kappa shape index (κ1) is 5.35. The van der Waals surface area contributed by atoms with Gasteiger partial charge in [0.15, 0.2) is 0 Å². The Bertz CT molecular complexity index is 298. The van der Waals surface area contributed by atoms with Crippen molar-refractivity contribution in [2.45, 2.75) is 13.4 Å². The molecule has 1 rings (SSSR count). The highest BCUT2D eigenvalue weighted by molar-refractivity contribution is 5.72. The van der Waals surface area contributed by atoms with Crippen molar-refractivity contribution in [2.24, 2.45) is 0 Å². The van der Waals surface area contributed by atoms with E-state index in [4.69, 9.17) is 2.74 Å². The molecular weight excluding hydrogens is 138 g/mol. The van der Waals surface area contributed by atoms with Gasteiger partial charge in [-0.15, -0.1) is 0 Å². The molecule has 0 spiro atoms. The fourth-order valence-corrected chi connectivity index (χ4v) is 0.682. The summed E-state index contributed by atoms with van der Waals surface area (Å²) in [5.74, 6) is -0.381. The van der Waals surface area contributed by atoms with Crippen LogP contribution in [0.1, 0.15) is 15.2 Å². The van der Waals surface area contributed by atoms with E-state index in [1.807, 2.05) is 0 Å². The minimum absolute atomic E-state index is 0.381. The molecule has 58 valence electrons. The van der Waals surface area contributed by atoms with Gasteiger partial charge in [-0.2, -0.15) is 0 Å². The van der Waals surface area contributed by atoms with Crippen molar-refractivity contribution in [1.29, 1.82) is 0 Å². The van der Waals surface area contributed by atoms with E-state index in [0.29, 0.717) is 5.56 Å². The SMILES string of the molecule is [2H]C([2H])(NC(C)=O)c1ccccc1. The molecule has 0 saturated carbocycles. The number of rotatable bonds is 2. The molecule has 0 fully saturated rings. The van der Waals surface area contributed by atoms with E-state index in [9.17, 15) is 4.79 Å². The molecule has 0 radical (unpaired) electrons. The van der Waals surface area contributed by atoms with E-state index in [0.717, 1.165) is 0 Å². The van der Waals surface area contributed by atoms with Crippen LogP contribution in [0.15, 0.2) is 30.3 Å². The lowest BCUT2D eigenvalue weighted by Crippen LogP contribution is -2.18. The third kappa shape index (κ3) is 2.85. The van der Waals surface area contributed by atoms with E-state index in [-0.39, 0.29) is 5.91 Å². The van der Waals surface area contributed by atoms with Crippen LogP contribution >= 0.6 is 0 Å². The van der Waals surface area contributed by atoms with E-state index in [1.54, 1.807) is 30.3 Å². The number of hydrogen-bond acceptors (Lipinski definition) is 1. The molecule has 0 aliphatic rings. The Morgan fingerprint density at radius 1 is 1.55 bits per heavy atom. The van der Waals surface area contributed by atoms with Crippen LogP contribution in [0, 0.1) is 0 Å². The maximum atomic E-state index is 10.7. The zero-order valence-electron chi connectivity index (χ0n) is 8.29. The highest BCUT2D eigenvalue weighted by atomic mass is 16.1. The predicted molar refractivity (Wildman–Crippen MR) is 44.0 cm³/mol. The number of benzene rings is 1. The molecule has 0 unspecified atom stereocenters. The Morgan fingerprint density at radius 3 is 2.73 bits per heavy atom. The van der Waals surface area contributed by atoms with Crippen LogP contribution in [0.2, 0.25) is 0 Å². The number of nitrogens with one attached hydrogen (secondary N) is 1. The third-order valence-corrected chi connectivity index (χ3v) is 1.16. The maximum Gasteiger partial charge on any atom is 0.217 e. The molecule has 1 amide bonds. The molecule has 11 heavy (non-hydrogen) atoms. The highest BCUT2D eigenvalue weighted by Crippen LogP contribution is 1.96. The Labute approximate surface area is 69.0 Å². The summed E-state index contributed by atoms with van der Waals surface area (Å²) in [6.45, 7) is -0.492. The van der Waals surface area contributed by atoms with Gasteiger partial charge in [0.25, 0.3) is 0 Å². The highest BCUT2D eigenvalue weighted by Gasteiger charge is 1.91. The smallest absolute Gasteiger partial charge is 0.217 e. The minimum Gasteiger partial charge on any atom is -0.352 e. The second-order valence-corrected chi connectivity index (χ2v) is 2.17. The molecule has 0 aliphatic heterocycles. The number of carbonyl (C=O) groups is 1. The van der Waals surface area contributed by atoms with Crippen molar-refractivity contribution < 1.29 is 7.54 Å². The number of amides is 1. The molecule has 0 saturated heterocycles. The molecule has 0 bridgehead atoms. The van der Waals surface area contributed by atoms with Gasteiger partial charge in [-0.05, 0) is 5.56 Å². The van der Waals surface area contributed by atoms with Gasteiger partial charge in [-0.25, -0.2) is 0 Å². The van der Waals surface area contributed by atoms with Crippen LogP contribution < -0.4 is 5.32 Å². The molecule has 0 heterocycles. The Kier molecular flexibility index (Phi) is 1.83. The second-order valence-electron chi connectivity index (χ2n) is 2.17. The van der Waals surface area contributed by atoms with E-state index >= 15 is 0 Å². The summed E-state index contributed by atoms with van der Waals surface area (Å²) in [7, 11) is 0. The van der Waals surface area contributed by atoms with Crippen molar-refractivity contribution in [2.75, 3.05) is 0 Å². The van der Waals surface area contributed by atoms with Crippen LogP contribution in [0.5, 0.6) is 0 Å². The predicted octanol–water partition coefficient (Wildman–Crippen LogP) is 1.32. The lowest BCUT2D eigenvalue weighted by atomic mass is 10.2. The van der Waals surface area contributed by atoms with E-state index in [2.05, 4.69) is 5.32 Å². The first-order chi connectivity index (χ1) is 6.02. The summed E-state index contributed by atoms with van der Waals surface area (Å²) in [6, 6.07) is 8.53. The Balaban J connectivity index is 2.87. The van der Waals surface area contributed by atoms with Gasteiger partial charge in [0.2, 0.25) is 5.91 Å². The first-order valence-corrected chi connectivity index (χ1v) is 3.36. The van der Waals surface area contributed by atoms with Crippen LogP contribution in [-0.4, -0.2) is 5.91 Å². The van der Waals surface area contributed by atoms with Crippen LogP contribution in [-0.2, 0) is 11.3 Å². The van der Waals surface area contributed by atoms with Gasteiger partial charge < -0.3 is 5.32 Å².